The van der Waals surface area contributed by atoms with E-state index < -0.39 is 0 Å². The lowest BCUT2D eigenvalue weighted by molar-refractivity contribution is 0.223. The Morgan fingerprint density at radius 1 is 1.48 bits per heavy atom. The van der Waals surface area contributed by atoms with Gasteiger partial charge in [0.25, 0.3) is 5.56 Å². The number of halogens is 1. The van der Waals surface area contributed by atoms with Gasteiger partial charge in [-0.2, -0.15) is 5.10 Å². The number of rotatable bonds is 6. The maximum atomic E-state index is 12.0. The molecule has 0 spiro atoms. The van der Waals surface area contributed by atoms with Crippen molar-refractivity contribution in [3.8, 4) is 0 Å². The summed E-state index contributed by atoms with van der Waals surface area (Å²) in [6.45, 7) is 9.31. The smallest absolute Gasteiger partial charge is 0.287 e. The highest BCUT2D eigenvalue weighted by atomic mass is 35.5. The van der Waals surface area contributed by atoms with E-state index in [2.05, 4.69) is 28.8 Å². The zero-order valence-corrected chi connectivity index (χ0v) is 13.3. The van der Waals surface area contributed by atoms with Gasteiger partial charge in [-0.05, 0) is 32.9 Å². The van der Waals surface area contributed by atoms with E-state index in [4.69, 9.17) is 11.6 Å². The molecule has 1 aromatic rings. The van der Waals surface area contributed by atoms with E-state index in [-0.39, 0.29) is 16.6 Å². The highest BCUT2D eigenvalue weighted by molar-refractivity contribution is 6.32. The fraction of sp³-hybridized carbons (Fsp3) is 0.600. The van der Waals surface area contributed by atoms with Gasteiger partial charge in [-0.1, -0.05) is 24.1 Å². The van der Waals surface area contributed by atoms with E-state index in [0.717, 1.165) is 19.6 Å². The number of hydrogen-bond donors (Lipinski definition) is 1. The van der Waals surface area contributed by atoms with Crippen molar-refractivity contribution < 1.29 is 0 Å². The summed E-state index contributed by atoms with van der Waals surface area (Å²) in [6, 6.07) is 0.219. The average molecular weight is 311 g/mol. The van der Waals surface area contributed by atoms with Crippen LogP contribution in [-0.2, 0) is 6.54 Å². The molecule has 2 rings (SSSR count). The lowest BCUT2D eigenvalue weighted by Crippen LogP contribution is -2.38. The molecule has 0 aliphatic carbocycles. The van der Waals surface area contributed by atoms with Gasteiger partial charge in [0, 0.05) is 12.6 Å². The number of aromatic nitrogens is 2. The first-order chi connectivity index (χ1) is 10.1. The molecule has 6 heteroatoms. The first-order valence-corrected chi connectivity index (χ1v) is 7.85. The molecule has 1 aromatic heterocycles. The summed E-state index contributed by atoms with van der Waals surface area (Å²) in [5.74, 6) is 0. The summed E-state index contributed by atoms with van der Waals surface area (Å²) >= 11 is 6.14. The van der Waals surface area contributed by atoms with Gasteiger partial charge in [0.15, 0.2) is 0 Å². The number of nitrogens with one attached hydrogen (secondary N) is 1. The third-order valence-electron chi connectivity index (χ3n) is 3.67. The summed E-state index contributed by atoms with van der Waals surface area (Å²) < 4.78 is 1.30. The molecule has 5 nitrogen and oxygen atoms in total. The van der Waals surface area contributed by atoms with Gasteiger partial charge in [0.05, 0.1) is 18.4 Å². The minimum absolute atomic E-state index is 0.192. The van der Waals surface area contributed by atoms with E-state index in [1.807, 2.05) is 0 Å². The molecule has 116 valence electrons. The Morgan fingerprint density at radius 2 is 2.19 bits per heavy atom. The van der Waals surface area contributed by atoms with Gasteiger partial charge >= 0.3 is 0 Å². The zero-order chi connectivity index (χ0) is 15.2. The van der Waals surface area contributed by atoms with E-state index in [9.17, 15) is 4.79 Å². The van der Waals surface area contributed by atoms with Crippen LogP contribution in [0.4, 0.5) is 5.69 Å². The number of anilines is 1. The average Bonchev–Trinajstić information content (AvgIpc) is 2.48. The standard InChI is InChI=1S/C15H23ClN4O/c1-3-7-20-15(21)14(16)13(10-17-20)18-12(2)11-19-8-5-4-6-9-19/h3,10,12,18H,1,4-9,11H2,2H3. The molecule has 1 atom stereocenters. The first-order valence-electron chi connectivity index (χ1n) is 7.47. The molecule has 0 radical (unpaired) electrons. The Balaban J connectivity index is 2.00. The summed E-state index contributed by atoms with van der Waals surface area (Å²) in [4.78, 5) is 14.5. The normalized spacial score (nSPS) is 17.4. The van der Waals surface area contributed by atoms with Gasteiger partial charge in [-0.3, -0.25) is 4.79 Å². The zero-order valence-electron chi connectivity index (χ0n) is 12.5. The van der Waals surface area contributed by atoms with E-state index in [1.54, 1.807) is 12.3 Å². The minimum Gasteiger partial charge on any atom is -0.379 e. The SMILES string of the molecule is C=CCn1ncc(NC(C)CN2CCCCC2)c(Cl)c1=O. The number of hydrogen-bond acceptors (Lipinski definition) is 4. The monoisotopic (exact) mass is 310 g/mol. The Bertz CT molecular complexity index is 537. The van der Waals surface area contributed by atoms with Crippen LogP contribution in [0.2, 0.25) is 5.02 Å². The van der Waals surface area contributed by atoms with Crippen molar-refractivity contribution in [2.45, 2.75) is 38.8 Å². The largest absolute Gasteiger partial charge is 0.379 e. The van der Waals surface area contributed by atoms with Gasteiger partial charge < -0.3 is 10.2 Å². The summed E-state index contributed by atoms with van der Waals surface area (Å²) in [7, 11) is 0. The summed E-state index contributed by atoms with van der Waals surface area (Å²) in [5, 5.41) is 7.59. The molecule has 1 fully saturated rings. The molecule has 0 bridgehead atoms. The van der Waals surface area contributed by atoms with Crippen LogP contribution in [0.3, 0.4) is 0 Å². The molecule has 0 aromatic carbocycles. The van der Waals surface area contributed by atoms with Crippen molar-refractivity contribution in [1.82, 2.24) is 14.7 Å². The Morgan fingerprint density at radius 3 is 2.86 bits per heavy atom. The molecular weight excluding hydrogens is 288 g/mol. The van der Waals surface area contributed by atoms with Gasteiger partial charge in [0.2, 0.25) is 0 Å². The van der Waals surface area contributed by atoms with Crippen LogP contribution >= 0.6 is 11.6 Å². The van der Waals surface area contributed by atoms with Crippen molar-refractivity contribution in [3.63, 3.8) is 0 Å². The second kappa shape index (κ2) is 7.61. The van der Waals surface area contributed by atoms with Crippen molar-refractivity contribution in [2.24, 2.45) is 0 Å². The van der Waals surface area contributed by atoms with Crippen LogP contribution in [0.5, 0.6) is 0 Å². The van der Waals surface area contributed by atoms with E-state index in [0.29, 0.717) is 12.2 Å². The third-order valence-corrected chi connectivity index (χ3v) is 4.03. The number of allylic oxidation sites excluding steroid dienone is 1. The molecular formula is C15H23ClN4O. The van der Waals surface area contributed by atoms with E-state index in [1.165, 1.54) is 23.9 Å². The predicted molar refractivity (Wildman–Crippen MR) is 87.1 cm³/mol. The third kappa shape index (κ3) is 4.32. The highest BCUT2D eigenvalue weighted by Gasteiger charge is 2.15. The molecule has 1 aliphatic heterocycles. The molecule has 0 amide bonds. The number of likely N-dealkylation sites (tertiary alicyclic amines) is 1. The summed E-state index contributed by atoms with van der Waals surface area (Å²) in [6.07, 6.45) is 7.10. The number of piperidine rings is 1. The number of nitrogens with zero attached hydrogens (tertiary/aromatic N) is 3. The quantitative estimate of drug-likeness (QED) is 0.820. The van der Waals surface area contributed by atoms with Crippen molar-refractivity contribution >= 4 is 17.3 Å². The Labute approximate surface area is 130 Å². The van der Waals surface area contributed by atoms with Crippen LogP contribution < -0.4 is 10.9 Å². The molecule has 2 heterocycles. The lowest BCUT2D eigenvalue weighted by Gasteiger charge is -2.29. The maximum Gasteiger partial charge on any atom is 0.287 e. The molecule has 1 saturated heterocycles. The van der Waals surface area contributed by atoms with Crippen LogP contribution in [0.25, 0.3) is 0 Å². The van der Waals surface area contributed by atoms with Crippen LogP contribution in [0, 0.1) is 0 Å². The molecule has 0 saturated carbocycles. The van der Waals surface area contributed by atoms with Crippen LogP contribution in [0.15, 0.2) is 23.6 Å². The van der Waals surface area contributed by atoms with Crippen molar-refractivity contribution in [2.75, 3.05) is 25.0 Å². The lowest BCUT2D eigenvalue weighted by atomic mass is 10.1. The molecule has 21 heavy (non-hydrogen) atoms. The maximum absolute atomic E-state index is 12.0. The van der Waals surface area contributed by atoms with Gasteiger partial charge in [-0.25, -0.2) is 4.68 Å². The highest BCUT2D eigenvalue weighted by Crippen LogP contribution is 2.17. The Kier molecular flexibility index (Phi) is 5.82. The van der Waals surface area contributed by atoms with Crippen molar-refractivity contribution in [3.05, 3.63) is 34.2 Å². The van der Waals surface area contributed by atoms with E-state index >= 15 is 0 Å². The van der Waals surface area contributed by atoms with Crippen molar-refractivity contribution in [1.29, 1.82) is 0 Å². The molecule has 1 aliphatic rings. The summed E-state index contributed by atoms with van der Waals surface area (Å²) in [5.41, 5.74) is 0.318. The van der Waals surface area contributed by atoms with Gasteiger partial charge in [0.1, 0.15) is 5.02 Å². The van der Waals surface area contributed by atoms with Crippen LogP contribution in [-0.4, -0.2) is 40.4 Å². The second-order valence-electron chi connectivity index (χ2n) is 5.55. The second-order valence-corrected chi connectivity index (χ2v) is 5.93. The Hall–Kier alpha value is -1.33. The fourth-order valence-electron chi connectivity index (χ4n) is 2.66. The fourth-order valence-corrected chi connectivity index (χ4v) is 2.86. The molecule has 1 unspecified atom stereocenters. The van der Waals surface area contributed by atoms with Crippen LogP contribution in [0.1, 0.15) is 26.2 Å². The topological polar surface area (TPSA) is 50.2 Å². The van der Waals surface area contributed by atoms with Gasteiger partial charge in [-0.15, -0.1) is 6.58 Å². The molecule has 1 N–H and O–H groups in total. The minimum atomic E-state index is -0.285. The predicted octanol–water partition coefficient (Wildman–Crippen LogP) is 2.37. The first kappa shape index (κ1) is 16.0.